The van der Waals surface area contributed by atoms with Crippen molar-refractivity contribution in [1.82, 2.24) is 9.80 Å². The van der Waals surface area contributed by atoms with Gasteiger partial charge < -0.3 is 15.5 Å². The van der Waals surface area contributed by atoms with Crippen LogP contribution >= 0.6 is 0 Å². The van der Waals surface area contributed by atoms with Crippen LogP contribution in [0.15, 0.2) is 0 Å². The van der Waals surface area contributed by atoms with E-state index < -0.39 is 0 Å². The molecule has 1 rings (SSSR count). The Morgan fingerprint density at radius 2 is 1.78 bits per heavy atom. The van der Waals surface area contributed by atoms with E-state index >= 15 is 0 Å². The molecule has 2 N–H and O–H groups in total. The van der Waals surface area contributed by atoms with Crippen molar-refractivity contribution in [3.63, 3.8) is 0 Å². The van der Waals surface area contributed by atoms with Crippen molar-refractivity contribution in [2.24, 2.45) is 11.1 Å². The van der Waals surface area contributed by atoms with E-state index in [1.54, 1.807) is 0 Å². The van der Waals surface area contributed by atoms with Gasteiger partial charge in [0.05, 0.1) is 0 Å². The highest BCUT2D eigenvalue weighted by molar-refractivity contribution is 4.89. The van der Waals surface area contributed by atoms with Gasteiger partial charge in [-0.3, -0.25) is 0 Å². The highest BCUT2D eigenvalue weighted by Gasteiger charge is 2.32. The largest absolute Gasteiger partial charge is 0.326 e. The second kappa shape index (κ2) is 6.88. The zero-order valence-corrected chi connectivity index (χ0v) is 13.1. The van der Waals surface area contributed by atoms with E-state index in [0.29, 0.717) is 6.04 Å². The number of hydrogen-bond acceptors (Lipinski definition) is 3. The quantitative estimate of drug-likeness (QED) is 0.789. The Hall–Kier alpha value is -0.120. The number of hydrogen-bond donors (Lipinski definition) is 1. The van der Waals surface area contributed by atoms with Crippen LogP contribution in [-0.4, -0.2) is 55.1 Å². The Labute approximate surface area is 114 Å². The van der Waals surface area contributed by atoms with Crippen molar-refractivity contribution in [3.05, 3.63) is 0 Å². The van der Waals surface area contributed by atoms with Crippen molar-refractivity contribution in [3.8, 4) is 0 Å². The van der Waals surface area contributed by atoms with Gasteiger partial charge in [0.25, 0.3) is 0 Å². The topological polar surface area (TPSA) is 32.5 Å². The first kappa shape index (κ1) is 15.9. The van der Waals surface area contributed by atoms with Crippen molar-refractivity contribution < 1.29 is 0 Å². The standard InChI is InChI=1S/C15H33N3/c1-6-13(16)14(15(2,3)4)17(5)11-12-18-9-7-8-10-18/h13-14H,6-12,16H2,1-5H3. The normalized spacial score (nSPS) is 21.5. The minimum Gasteiger partial charge on any atom is -0.326 e. The molecule has 0 radical (unpaired) electrons. The molecule has 0 aromatic heterocycles. The number of likely N-dealkylation sites (N-methyl/N-ethyl adjacent to an activating group) is 1. The molecule has 1 aliphatic heterocycles. The summed E-state index contributed by atoms with van der Waals surface area (Å²) in [5.74, 6) is 0. The van der Waals surface area contributed by atoms with Crippen molar-refractivity contribution in [2.45, 2.75) is 59.0 Å². The second-order valence-electron chi connectivity index (χ2n) is 6.91. The smallest absolute Gasteiger partial charge is 0.0292 e. The summed E-state index contributed by atoms with van der Waals surface area (Å²) in [4.78, 5) is 5.06. The van der Waals surface area contributed by atoms with Gasteiger partial charge in [0.1, 0.15) is 0 Å². The van der Waals surface area contributed by atoms with E-state index in [-0.39, 0.29) is 11.5 Å². The van der Waals surface area contributed by atoms with E-state index in [1.807, 2.05) is 0 Å². The van der Waals surface area contributed by atoms with E-state index in [4.69, 9.17) is 5.73 Å². The Morgan fingerprint density at radius 3 is 2.22 bits per heavy atom. The third-order valence-corrected chi connectivity index (χ3v) is 4.21. The maximum atomic E-state index is 6.33. The molecule has 0 aromatic rings. The number of likely N-dealkylation sites (tertiary alicyclic amines) is 1. The first-order chi connectivity index (χ1) is 8.36. The molecule has 0 aromatic carbocycles. The summed E-state index contributed by atoms with van der Waals surface area (Å²) in [6, 6.07) is 0.735. The molecule has 0 saturated carbocycles. The Morgan fingerprint density at radius 1 is 1.22 bits per heavy atom. The van der Waals surface area contributed by atoms with E-state index in [1.165, 1.54) is 32.5 Å². The monoisotopic (exact) mass is 255 g/mol. The summed E-state index contributed by atoms with van der Waals surface area (Å²) in [7, 11) is 2.24. The van der Waals surface area contributed by atoms with Crippen molar-refractivity contribution in [1.29, 1.82) is 0 Å². The first-order valence-electron chi connectivity index (χ1n) is 7.54. The zero-order valence-electron chi connectivity index (χ0n) is 13.1. The fraction of sp³-hybridized carbons (Fsp3) is 1.00. The molecule has 1 fully saturated rings. The van der Waals surface area contributed by atoms with Crippen LogP contribution in [0.3, 0.4) is 0 Å². The van der Waals surface area contributed by atoms with Crippen LogP contribution in [0.25, 0.3) is 0 Å². The third kappa shape index (κ3) is 4.52. The van der Waals surface area contributed by atoms with Gasteiger partial charge in [-0.05, 0) is 44.8 Å². The number of nitrogens with zero attached hydrogens (tertiary/aromatic N) is 2. The lowest BCUT2D eigenvalue weighted by Gasteiger charge is -2.42. The fourth-order valence-electron chi connectivity index (χ4n) is 3.30. The maximum Gasteiger partial charge on any atom is 0.0292 e. The van der Waals surface area contributed by atoms with Gasteiger partial charge in [-0.2, -0.15) is 0 Å². The molecular formula is C15H33N3. The molecule has 1 saturated heterocycles. The lowest BCUT2D eigenvalue weighted by molar-refractivity contribution is 0.0911. The third-order valence-electron chi connectivity index (χ3n) is 4.21. The summed E-state index contributed by atoms with van der Waals surface area (Å²) in [5, 5.41) is 0. The molecule has 3 heteroatoms. The van der Waals surface area contributed by atoms with Gasteiger partial charge in [0.2, 0.25) is 0 Å². The summed E-state index contributed by atoms with van der Waals surface area (Å²) in [6.07, 6.45) is 3.80. The minimum absolute atomic E-state index is 0.245. The molecule has 18 heavy (non-hydrogen) atoms. The molecule has 0 bridgehead atoms. The van der Waals surface area contributed by atoms with Gasteiger partial charge in [0.15, 0.2) is 0 Å². The molecule has 2 unspecified atom stereocenters. The molecule has 0 spiro atoms. The predicted molar refractivity (Wildman–Crippen MR) is 79.8 cm³/mol. The molecule has 1 aliphatic rings. The average molecular weight is 255 g/mol. The van der Waals surface area contributed by atoms with Gasteiger partial charge >= 0.3 is 0 Å². The van der Waals surface area contributed by atoms with E-state index in [9.17, 15) is 0 Å². The number of nitrogens with two attached hydrogens (primary N) is 1. The minimum atomic E-state index is 0.245. The van der Waals surface area contributed by atoms with Crippen LogP contribution in [-0.2, 0) is 0 Å². The summed E-state index contributed by atoms with van der Waals surface area (Å²) < 4.78 is 0. The van der Waals surface area contributed by atoms with Crippen LogP contribution in [0.1, 0.15) is 47.0 Å². The second-order valence-corrected chi connectivity index (χ2v) is 6.91. The average Bonchev–Trinajstić information content (AvgIpc) is 2.77. The summed E-state index contributed by atoms with van der Waals surface area (Å²) in [6.45, 7) is 14.0. The van der Waals surface area contributed by atoms with Crippen LogP contribution in [0, 0.1) is 5.41 Å². The molecule has 0 aliphatic carbocycles. The van der Waals surface area contributed by atoms with Crippen LogP contribution in [0.4, 0.5) is 0 Å². The molecule has 2 atom stereocenters. The SMILES string of the molecule is CCC(N)C(N(C)CCN1CCCC1)C(C)(C)C. The number of rotatable bonds is 6. The van der Waals surface area contributed by atoms with Gasteiger partial charge in [-0.25, -0.2) is 0 Å². The maximum absolute atomic E-state index is 6.33. The Balaban J connectivity index is 2.50. The molecule has 3 nitrogen and oxygen atoms in total. The van der Waals surface area contributed by atoms with Crippen molar-refractivity contribution in [2.75, 3.05) is 33.2 Å². The van der Waals surface area contributed by atoms with E-state index in [2.05, 4.69) is 44.5 Å². The van der Waals surface area contributed by atoms with Gasteiger partial charge in [-0.15, -0.1) is 0 Å². The van der Waals surface area contributed by atoms with Crippen LogP contribution in [0.5, 0.6) is 0 Å². The highest BCUT2D eigenvalue weighted by atomic mass is 15.2. The van der Waals surface area contributed by atoms with Crippen LogP contribution < -0.4 is 5.73 Å². The van der Waals surface area contributed by atoms with Gasteiger partial charge in [-0.1, -0.05) is 27.7 Å². The summed E-state index contributed by atoms with van der Waals surface area (Å²) in [5.41, 5.74) is 6.58. The lowest BCUT2D eigenvalue weighted by atomic mass is 9.80. The van der Waals surface area contributed by atoms with Crippen molar-refractivity contribution >= 4 is 0 Å². The summed E-state index contributed by atoms with van der Waals surface area (Å²) >= 11 is 0. The molecule has 108 valence electrons. The Bertz CT molecular complexity index is 228. The Kier molecular flexibility index (Phi) is 6.09. The molecule has 1 heterocycles. The molecular weight excluding hydrogens is 222 g/mol. The van der Waals surface area contributed by atoms with Gasteiger partial charge in [0, 0.05) is 25.2 Å². The predicted octanol–water partition coefficient (Wildman–Crippen LogP) is 2.17. The first-order valence-corrected chi connectivity index (χ1v) is 7.54. The highest BCUT2D eigenvalue weighted by Crippen LogP contribution is 2.26. The van der Waals surface area contributed by atoms with Crippen LogP contribution in [0.2, 0.25) is 0 Å². The van der Waals surface area contributed by atoms with E-state index in [0.717, 1.165) is 13.0 Å². The lowest BCUT2D eigenvalue weighted by Crippen LogP contribution is -2.54. The molecule has 0 amide bonds. The fourth-order valence-corrected chi connectivity index (χ4v) is 3.30. The zero-order chi connectivity index (χ0) is 13.8.